The second kappa shape index (κ2) is 2.84. The van der Waals surface area contributed by atoms with Gasteiger partial charge in [-0.15, -0.1) is 0 Å². The highest BCUT2D eigenvalue weighted by atomic mass is 31.2. The lowest BCUT2D eigenvalue weighted by Gasteiger charge is -2.48. The number of nitrogens with zero attached hydrogens (tertiary/aromatic N) is 1. The van der Waals surface area contributed by atoms with E-state index < -0.39 is 19.3 Å². The zero-order valence-corrected chi connectivity index (χ0v) is 9.96. The zero-order valence-electron chi connectivity index (χ0n) is 9.06. The van der Waals surface area contributed by atoms with Gasteiger partial charge < -0.3 is 0 Å². The number of piperidine rings is 1. The fourth-order valence-corrected chi connectivity index (χ4v) is 4.82. The van der Waals surface area contributed by atoms with Crippen molar-refractivity contribution in [2.75, 3.05) is 13.1 Å². The molecule has 86 valence electrons. The van der Waals surface area contributed by atoms with Crippen molar-refractivity contribution in [1.82, 2.24) is 4.90 Å². The van der Waals surface area contributed by atoms with Crippen LogP contribution >= 0.6 is 7.82 Å². The minimum absolute atomic E-state index is 0.642. The normalized spacial score (nSPS) is 53.7. The first-order valence-corrected chi connectivity index (χ1v) is 6.97. The van der Waals surface area contributed by atoms with Crippen molar-refractivity contribution in [2.45, 2.75) is 44.6 Å². The van der Waals surface area contributed by atoms with Crippen molar-refractivity contribution in [1.29, 1.82) is 0 Å². The Balaban J connectivity index is 1.94. The maximum Gasteiger partial charge on any atom is 0.482 e. The second-order valence-electron chi connectivity index (χ2n) is 4.55. The molecule has 0 aromatic carbocycles. The van der Waals surface area contributed by atoms with Crippen LogP contribution in [0.1, 0.15) is 33.1 Å². The smallest absolute Gasteiger partial charge is 0.271 e. The predicted octanol–water partition coefficient (Wildman–Crippen LogP) is 2.09. The van der Waals surface area contributed by atoms with E-state index in [1.54, 1.807) is 0 Å². The van der Waals surface area contributed by atoms with Crippen molar-refractivity contribution < 1.29 is 18.1 Å². The Kier molecular flexibility index (Phi) is 1.94. The van der Waals surface area contributed by atoms with Crippen LogP contribution in [0.3, 0.4) is 0 Å². The number of hydrogen-bond acceptors (Lipinski definition) is 5. The van der Waals surface area contributed by atoms with Gasteiger partial charge in [0, 0.05) is 19.5 Å². The minimum atomic E-state index is -3.18. The molecule has 0 saturated carbocycles. The van der Waals surface area contributed by atoms with Crippen molar-refractivity contribution >= 4 is 7.82 Å². The Morgan fingerprint density at radius 1 is 1.40 bits per heavy atom. The van der Waals surface area contributed by atoms with Gasteiger partial charge in [-0.3, -0.25) is 9.42 Å². The number of phosphoric acid groups is 1. The highest BCUT2D eigenvalue weighted by molar-refractivity contribution is 7.50. The quantitative estimate of drug-likeness (QED) is 0.683. The van der Waals surface area contributed by atoms with E-state index in [1.807, 2.05) is 6.92 Å². The molecule has 0 amide bonds. The number of likely N-dealkylation sites (tertiary alicyclic amines) is 1. The Morgan fingerprint density at radius 2 is 2.13 bits per heavy atom. The maximum atomic E-state index is 11.7. The molecule has 4 aliphatic rings. The molecule has 0 N–H and O–H groups in total. The summed E-state index contributed by atoms with van der Waals surface area (Å²) in [6.07, 6.45) is 2.81. The Hall–Kier alpha value is 0.0700. The second-order valence-corrected chi connectivity index (χ2v) is 5.99. The monoisotopic (exact) mass is 233 g/mol. The molecule has 1 spiro atoms. The molecule has 4 heterocycles. The molecular formula is C9H16NO4P. The first-order valence-electron chi connectivity index (χ1n) is 5.51. The van der Waals surface area contributed by atoms with Gasteiger partial charge in [-0.25, -0.2) is 13.6 Å². The third-order valence-electron chi connectivity index (χ3n) is 3.55. The van der Waals surface area contributed by atoms with E-state index in [0.29, 0.717) is 0 Å². The van der Waals surface area contributed by atoms with Crippen molar-refractivity contribution in [2.24, 2.45) is 0 Å². The fraction of sp³-hybridized carbons (Fsp3) is 1.00. The number of hydrogen-bond donors (Lipinski definition) is 0. The summed E-state index contributed by atoms with van der Waals surface area (Å²) < 4.78 is 28.0. The molecule has 4 rings (SSSR count). The summed E-state index contributed by atoms with van der Waals surface area (Å²) in [5.74, 6) is -0.754. The van der Waals surface area contributed by atoms with Crippen LogP contribution in [0.15, 0.2) is 0 Å². The average Bonchev–Trinajstić information content (AvgIpc) is 2.47. The Bertz CT molecular complexity index is 335. The van der Waals surface area contributed by atoms with Gasteiger partial charge >= 0.3 is 7.82 Å². The molecule has 4 saturated heterocycles. The molecule has 0 aromatic heterocycles. The van der Waals surface area contributed by atoms with Crippen molar-refractivity contribution in [3.8, 4) is 0 Å². The summed E-state index contributed by atoms with van der Waals surface area (Å²) in [6, 6.07) is 0. The zero-order chi connectivity index (χ0) is 10.7. The van der Waals surface area contributed by atoms with Gasteiger partial charge in [0.25, 0.3) is 0 Å². The van der Waals surface area contributed by atoms with Crippen molar-refractivity contribution in [3.05, 3.63) is 0 Å². The summed E-state index contributed by atoms with van der Waals surface area (Å²) in [4.78, 5) is 2.18. The van der Waals surface area contributed by atoms with E-state index >= 15 is 0 Å². The fourth-order valence-electron chi connectivity index (χ4n) is 2.79. The predicted molar refractivity (Wildman–Crippen MR) is 53.1 cm³/mol. The van der Waals surface area contributed by atoms with E-state index in [9.17, 15) is 4.57 Å². The van der Waals surface area contributed by atoms with Crippen LogP contribution in [-0.2, 0) is 18.1 Å². The Morgan fingerprint density at radius 3 is 2.80 bits per heavy atom. The lowest BCUT2D eigenvalue weighted by Crippen LogP contribution is -2.64. The molecule has 0 aromatic rings. The maximum absolute atomic E-state index is 11.7. The van der Waals surface area contributed by atoms with E-state index in [0.717, 1.165) is 32.4 Å². The van der Waals surface area contributed by atoms with Crippen LogP contribution in [-0.4, -0.2) is 29.5 Å². The van der Waals surface area contributed by atoms with Gasteiger partial charge in [0.1, 0.15) is 0 Å². The lowest BCUT2D eigenvalue weighted by molar-refractivity contribution is -0.270. The minimum Gasteiger partial charge on any atom is -0.271 e. The summed E-state index contributed by atoms with van der Waals surface area (Å²) in [6.45, 7) is 5.92. The molecule has 5 nitrogen and oxygen atoms in total. The highest BCUT2D eigenvalue weighted by Crippen LogP contribution is 2.79. The summed E-state index contributed by atoms with van der Waals surface area (Å²) >= 11 is 0. The highest BCUT2D eigenvalue weighted by Gasteiger charge is 2.79. The van der Waals surface area contributed by atoms with Crippen LogP contribution in [0.4, 0.5) is 0 Å². The van der Waals surface area contributed by atoms with Gasteiger partial charge in [-0.05, 0) is 19.8 Å². The molecule has 6 heteroatoms. The van der Waals surface area contributed by atoms with Gasteiger partial charge in [-0.1, -0.05) is 6.92 Å². The number of rotatable bonds is 2. The van der Waals surface area contributed by atoms with E-state index in [4.69, 9.17) is 13.6 Å². The molecule has 15 heavy (non-hydrogen) atoms. The standard InChI is InChI=1S/C9H16NO4P/c1-3-6-10-7-4-5-9-8(10,2)12-15(11,13-9)14-9/h3-7H2,1-2H3. The molecule has 2 bridgehead atoms. The van der Waals surface area contributed by atoms with Gasteiger partial charge in [0.05, 0.1) is 0 Å². The first-order chi connectivity index (χ1) is 7.04. The molecule has 0 aliphatic carbocycles. The largest absolute Gasteiger partial charge is 0.482 e. The summed E-state index contributed by atoms with van der Waals surface area (Å²) in [5.41, 5.74) is -0.642. The van der Waals surface area contributed by atoms with Crippen LogP contribution in [0.5, 0.6) is 0 Å². The molecule has 1 atom stereocenters. The lowest BCUT2D eigenvalue weighted by atomic mass is 9.92. The van der Waals surface area contributed by atoms with Crippen molar-refractivity contribution in [3.63, 3.8) is 0 Å². The average molecular weight is 233 g/mol. The molecular weight excluding hydrogens is 217 g/mol. The van der Waals surface area contributed by atoms with Crippen LogP contribution in [0, 0.1) is 0 Å². The third-order valence-corrected chi connectivity index (χ3v) is 5.16. The third kappa shape index (κ3) is 1.10. The first kappa shape index (κ1) is 10.2. The van der Waals surface area contributed by atoms with Crippen LogP contribution < -0.4 is 0 Å². The molecule has 4 aliphatic heterocycles. The molecule has 4 fully saturated rings. The van der Waals surface area contributed by atoms with Gasteiger partial charge in [-0.2, -0.15) is 0 Å². The van der Waals surface area contributed by atoms with E-state index in [-0.39, 0.29) is 0 Å². The Labute approximate surface area is 89.3 Å². The van der Waals surface area contributed by atoms with Crippen LogP contribution in [0.25, 0.3) is 0 Å². The molecule has 0 radical (unpaired) electrons. The van der Waals surface area contributed by atoms with Gasteiger partial charge in [0.2, 0.25) is 5.79 Å². The molecule has 1 unspecified atom stereocenters. The van der Waals surface area contributed by atoms with Gasteiger partial charge in [0.15, 0.2) is 5.72 Å². The summed E-state index contributed by atoms with van der Waals surface area (Å²) in [7, 11) is -3.18. The number of phosphoric ester groups is 1. The van der Waals surface area contributed by atoms with E-state index in [1.165, 1.54) is 0 Å². The van der Waals surface area contributed by atoms with E-state index in [2.05, 4.69) is 11.8 Å². The SMILES string of the molecule is CCCN1CCCC23OP(=O)(O2)OC13C. The van der Waals surface area contributed by atoms with Crippen LogP contribution in [0.2, 0.25) is 0 Å². The summed E-state index contributed by atoms with van der Waals surface area (Å²) in [5, 5.41) is 0. The topological polar surface area (TPSA) is 48.0 Å².